The maximum Gasteiger partial charge on any atom is 0.269 e. The number of ketones is 2. The maximum atomic E-state index is 14.1. The molecular weight excluding hydrogens is 566 g/mol. The highest BCUT2D eigenvalue weighted by atomic mass is 19.3. The Morgan fingerprint density at radius 2 is 1.74 bits per heavy atom. The number of hydrogen-bond donors (Lipinski definition) is 5. The molecule has 232 valence electrons. The molecule has 3 aliphatic carbocycles. The molecule has 2 fully saturated rings. The van der Waals surface area contributed by atoms with E-state index >= 15 is 0 Å². The van der Waals surface area contributed by atoms with E-state index in [1.807, 2.05) is 4.90 Å². The summed E-state index contributed by atoms with van der Waals surface area (Å²) in [4.78, 5) is 44.7. The van der Waals surface area contributed by atoms with Gasteiger partial charge in [0, 0.05) is 56.5 Å². The standard InChI is InChI=1S/C30H36F2N4O7/c1-34(2)18-11-15(12-36-7-5-13(6-8-36)28(31)32)23(37)20-16(18)9-14-10-17-22(35(3)4)25(39)21(29(33)42)27(41)30(17,43)26(40)19(14)24(20)38/h11,14,17,22,37-38,41,43H,5-10,12H2,1-4H3,(H2,33,42)/t14?,17?,22-,30?/m0/s1. The van der Waals surface area contributed by atoms with Gasteiger partial charge in [0.05, 0.1) is 11.6 Å². The third-order valence-electron chi connectivity index (χ3n) is 9.38. The van der Waals surface area contributed by atoms with Gasteiger partial charge in [0.25, 0.3) is 12.0 Å². The van der Waals surface area contributed by atoms with Gasteiger partial charge in [-0.3, -0.25) is 24.2 Å². The van der Waals surface area contributed by atoms with Crippen molar-refractivity contribution in [2.24, 2.45) is 17.6 Å². The molecule has 4 aliphatic rings. The van der Waals surface area contributed by atoms with Gasteiger partial charge >= 0.3 is 0 Å². The fourth-order valence-electron chi connectivity index (χ4n) is 7.28. The van der Waals surface area contributed by atoms with Gasteiger partial charge in [-0.15, -0.1) is 0 Å². The van der Waals surface area contributed by atoms with Gasteiger partial charge in [-0.05, 0) is 62.9 Å². The van der Waals surface area contributed by atoms with E-state index in [2.05, 4.69) is 0 Å². The molecule has 1 saturated heterocycles. The van der Waals surface area contributed by atoms with Crippen LogP contribution in [0.5, 0.6) is 5.75 Å². The minimum atomic E-state index is -2.72. The normalized spacial score (nSPS) is 27.7. The number of rotatable bonds is 5. The minimum absolute atomic E-state index is 0.00406. The van der Waals surface area contributed by atoms with Crippen molar-refractivity contribution in [1.82, 2.24) is 9.80 Å². The third-order valence-corrected chi connectivity index (χ3v) is 9.38. The van der Waals surface area contributed by atoms with Gasteiger partial charge < -0.3 is 31.1 Å². The Bertz CT molecular complexity index is 1520. The summed E-state index contributed by atoms with van der Waals surface area (Å²) in [5.41, 5.74) is 3.32. The molecule has 1 heterocycles. The number of phenolic OH excluding ortho intramolecular Hbond substituents is 1. The lowest BCUT2D eigenvalue weighted by Gasteiger charge is -2.50. The topological polar surface area (TPSA) is 168 Å². The van der Waals surface area contributed by atoms with Gasteiger partial charge in [0.15, 0.2) is 11.4 Å². The SMILES string of the molecule is CN(C)c1cc(CN2CCC(=C(F)F)CC2)c(O)c2c1CC1CC3[C@H](N(C)C)C(=O)C(C(N)=O)=C(O)C3(O)C(=O)C1=C2O. The Morgan fingerprint density at radius 3 is 2.28 bits per heavy atom. The fraction of sp³-hybridized carbons (Fsp3) is 0.500. The number of aromatic hydroxyl groups is 1. The summed E-state index contributed by atoms with van der Waals surface area (Å²) < 4.78 is 26.1. The molecule has 1 saturated carbocycles. The molecule has 6 N–H and O–H groups in total. The van der Waals surface area contributed by atoms with Crippen LogP contribution in [0.3, 0.4) is 0 Å². The number of fused-ring (bicyclic) bond motifs is 3. The van der Waals surface area contributed by atoms with Gasteiger partial charge in [0.1, 0.15) is 22.8 Å². The number of Topliss-reactive ketones (excluding diaryl/α,β-unsaturated/α-hetero) is 2. The second-order valence-corrected chi connectivity index (χ2v) is 12.3. The Labute approximate surface area is 247 Å². The maximum absolute atomic E-state index is 14.1. The van der Waals surface area contributed by atoms with Crippen molar-refractivity contribution in [2.75, 3.05) is 46.2 Å². The van der Waals surface area contributed by atoms with E-state index in [1.165, 1.54) is 4.90 Å². The zero-order chi connectivity index (χ0) is 31.7. The molecule has 3 unspecified atom stereocenters. The van der Waals surface area contributed by atoms with Crippen molar-refractivity contribution in [3.63, 3.8) is 0 Å². The number of carbonyl (C=O) groups is 3. The van der Waals surface area contributed by atoms with Crippen LogP contribution in [0.1, 0.15) is 36.0 Å². The van der Waals surface area contributed by atoms with E-state index in [9.17, 15) is 43.6 Å². The van der Waals surface area contributed by atoms with Gasteiger partial charge in [-0.1, -0.05) is 0 Å². The van der Waals surface area contributed by atoms with Crippen molar-refractivity contribution < 1.29 is 43.6 Å². The van der Waals surface area contributed by atoms with Crippen LogP contribution in [0.25, 0.3) is 5.76 Å². The number of aliphatic hydroxyl groups excluding tert-OH is 2. The molecule has 1 aromatic rings. The largest absolute Gasteiger partial charge is 0.508 e. The monoisotopic (exact) mass is 602 g/mol. The minimum Gasteiger partial charge on any atom is -0.508 e. The molecular formula is C30H36F2N4O7. The number of anilines is 1. The van der Waals surface area contributed by atoms with E-state index in [0.717, 1.165) is 0 Å². The van der Waals surface area contributed by atoms with Gasteiger partial charge in [-0.25, -0.2) is 0 Å². The van der Waals surface area contributed by atoms with Crippen LogP contribution in [0.15, 0.2) is 34.6 Å². The van der Waals surface area contributed by atoms with Crippen LogP contribution >= 0.6 is 0 Å². The smallest absolute Gasteiger partial charge is 0.269 e. The quantitative estimate of drug-likeness (QED) is 0.314. The van der Waals surface area contributed by atoms with Crippen molar-refractivity contribution in [3.8, 4) is 5.75 Å². The molecule has 0 spiro atoms. The Balaban J connectivity index is 1.63. The molecule has 5 rings (SSSR count). The van der Waals surface area contributed by atoms with Crippen molar-refractivity contribution in [3.05, 3.63) is 51.3 Å². The number of benzene rings is 1. The summed E-state index contributed by atoms with van der Waals surface area (Å²) in [7, 11) is 6.67. The molecule has 4 atom stereocenters. The molecule has 1 amide bonds. The van der Waals surface area contributed by atoms with Crippen LogP contribution in [-0.4, -0.2) is 101 Å². The van der Waals surface area contributed by atoms with E-state index in [4.69, 9.17) is 5.73 Å². The van der Waals surface area contributed by atoms with Gasteiger partial charge in [-0.2, -0.15) is 8.78 Å². The lowest BCUT2D eigenvalue weighted by atomic mass is 9.57. The van der Waals surface area contributed by atoms with Gasteiger partial charge in [0.2, 0.25) is 5.78 Å². The highest BCUT2D eigenvalue weighted by Gasteiger charge is 2.64. The fourth-order valence-corrected chi connectivity index (χ4v) is 7.28. The molecule has 1 aromatic carbocycles. The Morgan fingerprint density at radius 1 is 1.12 bits per heavy atom. The van der Waals surface area contributed by atoms with Crippen LogP contribution in [0.2, 0.25) is 0 Å². The van der Waals surface area contributed by atoms with E-state index in [0.29, 0.717) is 29.9 Å². The molecule has 0 bridgehead atoms. The number of halogens is 2. The number of phenols is 1. The Kier molecular flexibility index (Phi) is 7.64. The van der Waals surface area contributed by atoms with Crippen LogP contribution in [0, 0.1) is 11.8 Å². The first-order valence-corrected chi connectivity index (χ1v) is 14.1. The highest BCUT2D eigenvalue weighted by Crippen LogP contribution is 2.54. The summed E-state index contributed by atoms with van der Waals surface area (Å²) in [6, 6.07) is 0.613. The second-order valence-electron chi connectivity index (χ2n) is 12.3. The predicted molar refractivity (Wildman–Crippen MR) is 152 cm³/mol. The van der Waals surface area contributed by atoms with Crippen LogP contribution in [-0.2, 0) is 27.3 Å². The lowest BCUT2D eigenvalue weighted by Crippen LogP contribution is -2.65. The summed E-state index contributed by atoms with van der Waals surface area (Å²) in [5.74, 6) is -7.02. The summed E-state index contributed by atoms with van der Waals surface area (Å²) in [6.07, 6.45) is -1.11. The number of carbonyl (C=O) groups excluding carboxylic acids is 3. The van der Waals surface area contributed by atoms with Crippen molar-refractivity contribution >= 4 is 28.9 Å². The first kappa shape index (κ1) is 30.6. The Hall–Kier alpha value is -3.81. The van der Waals surface area contributed by atoms with E-state index in [1.54, 1.807) is 39.2 Å². The molecule has 0 radical (unpaired) electrons. The number of likely N-dealkylation sites (tertiary alicyclic amines) is 1. The molecule has 1 aliphatic heterocycles. The average molecular weight is 603 g/mol. The number of hydrogen-bond acceptors (Lipinski definition) is 10. The summed E-state index contributed by atoms with van der Waals surface area (Å²) in [6.45, 7) is 0.898. The summed E-state index contributed by atoms with van der Waals surface area (Å²) in [5, 5.41) is 45.9. The molecule has 43 heavy (non-hydrogen) atoms. The number of nitrogens with zero attached hydrogens (tertiary/aromatic N) is 3. The molecule has 0 aromatic heterocycles. The highest BCUT2D eigenvalue weighted by molar-refractivity contribution is 6.24. The number of aliphatic hydroxyl groups is 3. The van der Waals surface area contributed by atoms with Crippen LogP contribution < -0.4 is 10.6 Å². The third kappa shape index (κ3) is 4.61. The lowest BCUT2D eigenvalue weighted by molar-refractivity contribution is -0.153. The number of amides is 1. The molecule has 13 heteroatoms. The second kappa shape index (κ2) is 10.7. The zero-order valence-electron chi connectivity index (χ0n) is 24.4. The molecule has 11 nitrogen and oxygen atoms in total. The average Bonchev–Trinajstić information content (AvgIpc) is 2.92. The van der Waals surface area contributed by atoms with E-state index < -0.39 is 64.1 Å². The predicted octanol–water partition coefficient (Wildman–Crippen LogP) is 1.78. The first-order chi connectivity index (χ1) is 20.1. The van der Waals surface area contributed by atoms with Crippen LogP contribution in [0.4, 0.5) is 14.5 Å². The van der Waals surface area contributed by atoms with Crippen molar-refractivity contribution in [1.29, 1.82) is 0 Å². The van der Waals surface area contributed by atoms with E-state index in [-0.39, 0.29) is 54.7 Å². The number of likely N-dealkylation sites (N-methyl/N-ethyl adjacent to an activating group) is 1. The number of nitrogens with two attached hydrogens (primary N) is 1. The summed E-state index contributed by atoms with van der Waals surface area (Å²) >= 11 is 0. The number of primary amides is 1. The number of piperidine rings is 1. The zero-order valence-corrected chi connectivity index (χ0v) is 24.4. The van der Waals surface area contributed by atoms with Crippen molar-refractivity contribution in [2.45, 2.75) is 43.9 Å². The first-order valence-electron chi connectivity index (χ1n) is 14.1.